The van der Waals surface area contributed by atoms with Crippen LogP contribution < -0.4 is 5.32 Å². The highest BCUT2D eigenvalue weighted by molar-refractivity contribution is 5.76. The first-order valence-electron chi connectivity index (χ1n) is 14.0. The smallest absolute Gasteiger partial charge is 0.318 e. The number of fused-ring (bicyclic) bond motifs is 3. The lowest BCUT2D eigenvalue weighted by atomic mass is 9.95. The molecule has 0 saturated heterocycles. The summed E-state index contributed by atoms with van der Waals surface area (Å²) in [5, 5.41) is 8.37. The van der Waals surface area contributed by atoms with Crippen LogP contribution in [0.15, 0.2) is 72.9 Å². The van der Waals surface area contributed by atoms with Crippen molar-refractivity contribution in [1.29, 1.82) is 0 Å². The average Bonchev–Trinajstić information content (AvgIpc) is 3.50. The van der Waals surface area contributed by atoms with Gasteiger partial charge in [0.2, 0.25) is 0 Å². The first-order chi connectivity index (χ1) is 18.5. The number of hydrogen-bond acceptors (Lipinski definition) is 2. The number of amides is 2. The molecular weight excluding hydrogens is 470 g/mol. The number of benzene rings is 2. The Morgan fingerprint density at radius 1 is 0.947 bits per heavy atom. The fourth-order valence-corrected chi connectivity index (χ4v) is 6.07. The van der Waals surface area contributed by atoms with E-state index in [1.165, 1.54) is 24.8 Å². The zero-order valence-electron chi connectivity index (χ0n) is 22.6. The second kappa shape index (κ2) is 10.2. The van der Waals surface area contributed by atoms with Gasteiger partial charge in [0, 0.05) is 17.8 Å². The lowest BCUT2D eigenvalue weighted by Crippen LogP contribution is -2.46. The third-order valence-corrected chi connectivity index (χ3v) is 8.20. The Balaban J connectivity index is 1.49. The minimum absolute atomic E-state index is 0.00213. The summed E-state index contributed by atoms with van der Waals surface area (Å²) < 4.78 is 4.26. The van der Waals surface area contributed by atoms with Gasteiger partial charge in [-0.2, -0.15) is 5.10 Å². The summed E-state index contributed by atoms with van der Waals surface area (Å²) in [7, 11) is 0. The molecule has 2 aliphatic rings. The van der Waals surface area contributed by atoms with Gasteiger partial charge >= 0.3 is 6.03 Å². The fraction of sp³-hybridized carbons (Fsp3) is 0.375. The highest BCUT2D eigenvalue weighted by atomic mass is 16.2. The Labute approximate surface area is 225 Å². The molecule has 38 heavy (non-hydrogen) atoms. The summed E-state index contributed by atoms with van der Waals surface area (Å²) >= 11 is 0. The lowest BCUT2D eigenvalue weighted by molar-refractivity contribution is 0.173. The van der Waals surface area contributed by atoms with E-state index >= 15 is 0 Å². The van der Waals surface area contributed by atoms with Crippen molar-refractivity contribution in [3.05, 3.63) is 101 Å². The molecule has 1 atom stereocenters. The summed E-state index contributed by atoms with van der Waals surface area (Å²) in [6.07, 6.45) is 7.84. The quantitative estimate of drug-likeness (QED) is 0.322. The van der Waals surface area contributed by atoms with Gasteiger partial charge in [-0.15, -0.1) is 0 Å². The number of para-hydroxylation sites is 1. The van der Waals surface area contributed by atoms with Crippen LogP contribution in [-0.2, 0) is 6.54 Å². The Morgan fingerprint density at radius 3 is 2.39 bits per heavy atom. The molecule has 6 rings (SSSR count). The summed E-state index contributed by atoms with van der Waals surface area (Å²) in [5.74, 6) is 1.46. The van der Waals surface area contributed by atoms with Crippen molar-refractivity contribution in [2.24, 2.45) is 0 Å². The maximum Gasteiger partial charge on any atom is 0.318 e. The molecule has 2 aromatic heterocycles. The number of aromatic nitrogens is 3. The Morgan fingerprint density at radius 2 is 1.68 bits per heavy atom. The predicted molar refractivity (Wildman–Crippen MR) is 151 cm³/mol. The summed E-state index contributed by atoms with van der Waals surface area (Å²) in [6.45, 7) is 6.97. The summed E-state index contributed by atoms with van der Waals surface area (Å²) in [6, 6.07) is 23.3. The van der Waals surface area contributed by atoms with E-state index in [2.05, 4.69) is 85.4 Å². The second-order valence-corrected chi connectivity index (χ2v) is 11.1. The van der Waals surface area contributed by atoms with Crippen LogP contribution >= 0.6 is 0 Å². The van der Waals surface area contributed by atoms with Gasteiger partial charge in [0.1, 0.15) is 5.82 Å². The molecule has 0 radical (unpaired) electrons. The first-order valence-corrected chi connectivity index (χ1v) is 14.0. The van der Waals surface area contributed by atoms with E-state index in [1.807, 2.05) is 27.8 Å². The van der Waals surface area contributed by atoms with Gasteiger partial charge < -0.3 is 14.8 Å². The monoisotopic (exact) mass is 507 g/mol. The van der Waals surface area contributed by atoms with Gasteiger partial charge in [-0.05, 0) is 61.1 Å². The molecule has 1 fully saturated rings. The van der Waals surface area contributed by atoms with Crippen LogP contribution in [0.1, 0.15) is 86.0 Å². The van der Waals surface area contributed by atoms with Crippen molar-refractivity contribution in [3.8, 4) is 11.5 Å². The summed E-state index contributed by atoms with van der Waals surface area (Å²) in [5.41, 5.74) is 6.51. The third kappa shape index (κ3) is 4.42. The Kier molecular flexibility index (Phi) is 6.56. The Bertz CT molecular complexity index is 1410. The van der Waals surface area contributed by atoms with E-state index in [9.17, 15) is 4.79 Å². The third-order valence-electron chi connectivity index (χ3n) is 8.20. The van der Waals surface area contributed by atoms with Crippen LogP contribution in [0.4, 0.5) is 4.79 Å². The molecule has 1 N–H and O–H groups in total. The molecule has 1 aliphatic carbocycles. The molecule has 1 saturated carbocycles. The van der Waals surface area contributed by atoms with E-state index in [-0.39, 0.29) is 18.1 Å². The number of hydrogen-bond donors (Lipinski definition) is 1. The van der Waals surface area contributed by atoms with Gasteiger partial charge in [0.25, 0.3) is 0 Å². The normalized spacial score (nSPS) is 17.7. The number of urea groups is 1. The maximum absolute atomic E-state index is 14.1. The zero-order valence-corrected chi connectivity index (χ0v) is 22.6. The first kappa shape index (κ1) is 24.5. The summed E-state index contributed by atoms with van der Waals surface area (Å²) in [4.78, 5) is 16.1. The van der Waals surface area contributed by atoms with E-state index in [4.69, 9.17) is 5.10 Å². The topological polar surface area (TPSA) is 55.1 Å². The highest BCUT2D eigenvalue weighted by Crippen LogP contribution is 2.39. The number of nitrogens with one attached hydrogen (secondary N) is 1. The molecule has 196 valence electrons. The van der Waals surface area contributed by atoms with Gasteiger partial charge in [-0.25, -0.2) is 9.48 Å². The van der Waals surface area contributed by atoms with Crippen molar-refractivity contribution in [3.63, 3.8) is 0 Å². The molecular formula is C32H37N5O. The molecule has 1 aliphatic heterocycles. The second-order valence-electron chi connectivity index (χ2n) is 11.1. The van der Waals surface area contributed by atoms with Crippen molar-refractivity contribution >= 4 is 6.03 Å². The number of carbonyl (C=O) groups is 1. The van der Waals surface area contributed by atoms with Gasteiger partial charge in [0.05, 0.1) is 29.7 Å². The molecule has 2 amide bonds. The van der Waals surface area contributed by atoms with Gasteiger partial charge in [-0.3, -0.25) is 0 Å². The van der Waals surface area contributed by atoms with E-state index < -0.39 is 0 Å². The van der Waals surface area contributed by atoms with E-state index in [1.54, 1.807) is 0 Å². The van der Waals surface area contributed by atoms with Crippen molar-refractivity contribution in [2.45, 2.75) is 77.4 Å². The molecule has 6 nitrogen and oxygen atoms in total. The van der Waals surface area contributed by atoms with Crippen molar-refractivity contribution in [2.75, 3.05) is 0 Å². The van der Waals surface area contributed by atoms with Crippen LogP contribution in [0.25, 0.3) is 11.5 Å². The molecule has 0 unspecified atom stereocenters. The van der Waals surface area contributed by atoms with E-state index in [0.29, 0.717) is 12.5 Å². The van der Waals surface area contributed by atoms with Crippen LogP contribution in [0.5, 0.6) is 0 Å². The molecule has 4 aromatic rings. The maximum atomic E-state index is 14.1. The molecule has 0 bridgehead atoms. The Hall–Kier alpha value is -3.80. The fourth-order valence-electron chi connectivity index (χ4n) is 6.07. The zero-order chi connectivity index (χ0) is 26.2. The van der Waals surface area contributed by atoms with Crippen LogP contribution in [0, 0.1) is 6.92 Å². The van der Waals surface area contributed by atoms with Crippen LogP contribution in [0.3, 0.4) is 0 Å². The van der Waals surface area contributed by atoms with Crippen LogP contribution in [-0.4, -0.2) is 31.3 Å². The van der Waals surface area contributed by atoms with Crippen molar-refractivity contribution in [1.82, 2.24) is 24.6 Å². The average molecular weight is 508 g/mol. The molecule has 6 heteroatoms. The lowest BCUT2D eigenvalue weighted by Gasteiger charge is -2.33. The molecule has 0 spiro atoms. The predicted octanol–water partition coefficient (Wildman–Crippen LogP) is 7.04. The van der Waals surface area contributed by atoms with Crippen LogP contribution in [0.2, 0.25) is 0 Å². The highest BCUT2D eigenvalue weighted by Gasteiger charge is 2.36. The number of nitrogens with zero attached hydrogens (tertiary/aromatic N) is 4. The number of rotatable bonds is 4. The molecule has 2 aromatic carbocycles. The molecule has 3 heterocycles. The van der Waals surface area contributed by atoms with Gasteiger partial charge in [-0.1, -0.05) is 75.6 Å². The van der Waals surface area contributed by atoms with Crippen molar-refractivity contribution < 1.29 is 4.79 Å². The standard InChI is InChI=1S/C32H37N5O/c1-22(2)24-16-18-25(19-17-24)30-29-15-10-20-35(29)31-28(23(3)34-37(31)27-13-8-5-9-14-27)21-36(30)32(38)33-26-11-6-4-7-12-26/h5,8-10,13-20,22,26,30H,4,6-7,11-12,21H2,1-3H3,(H,33,38)/t30-/m0/s1. The largest absolute Gasteiger partial charge is 0.335 e. The van der Waals surface area contributed by atoms with E-state index in [0.717, 1.165) is 46.9 Å². The number of carbonyl (C=O) groups excluding carboxylic acids is 1. The number of aryl methyl sites for hydroxylation is 1. The minimum Gasteiger partial charge on any atom is -0.335 e. The SMILES string of the molecule is Cc1nn(-c2ccccc2)c2c1CN(C(=O)NC1CCCCC1)[C@@H](c1ccc(C(C)C)cc1)c1cccn1-2. The van der Waals surface area contributed by atoms with Gasteiger partial charge in [0.15, 0.2) is 0 Å². The minimum atomic E-state index is -0.217.